The van der Waals surface area contributed by atoms with Gasteiger partial charge in [-0.15, -0.1) is 0 Å². The number of fused-ring (bicyclic) bond motifs is 1. The summed E-state index contributed by atoms with van der Waals surface area (Å²) in [5, 5.41) is 4.25. The first-order chi connectivity index (χ1) is 10.2. The molecule has 0 spiro atoms. The number of aromatic nitrogens is 4. The Balaban J connectivity index is 2.15. The van der Waals surface area contributed by atoms with E-state index in [1.165, 1.54) is 0 Å². The van der Waals surface area contributed by atoms with Crippen molar-refractivity contribution >= 4 is 32.7 Å². The number of aryl methyl sites for hydroxylation is 1. The Labute approximate surface area is 130 Å². The molecule has 2 heterocycles. The van der Waals surface area contributed by atoms with Gasteiger partial charge in [0, 0.05) is 18.9 Å². The summed E-state index contributed by atoms with van der Waals surface area (Å²) in [6.45, 7) is 2.75. The number of para-hydroxylation sites is 1. The molecule has 0 aliphatic heterocycles. The van der Waals surface area contributed by atoms with Crippen LogP contribution in [-0.4, -0.2) is 25.5 Å². The Morgan fingerprint density at radius 3 is 2.90 bits per heavy atom. The number of rotatable bonds is 4. The van der Waals surface area contributed by atoms with Crippen LogP contribution in [0.4, 0.5) is 0 Å². The molecule has 0 N–H and O–H groups in total. The Hall–Kier alpha value is -2.08. The van der Waals surface area contributed by atoms with Gasteiger partial charge in [-0.1, -0.05) is 13.0 Å². The number of halogens is 1. The van der Waals surface area contributed by atoms with E-state index in [1.54, 1.807) is 29.3 Å². The van der Waals surface area contributed by atoms with E-state index in [4.69, 9.17) is 0 Å². The molecule has 21 heavy (non-hydrogen) atoms. The van der Waals surface area contributed by atoms with Crippen molar-refractivity contribution in [2.75, 3.05) is 0 Å². The molecule has 0 atom stereocenters. The maximum atomic E-state index is 12.9. The van der Waals surface area contributed by atoms with Gasteiger partial charge in [-0.3, -0.25) is 19.4 Å². The Morgan fingerprint density at radius 1 is 1.29 bits per heavy atom. The topological polar surface area (TPSA) is 60.7 Å². The van der Waals surface area contributed by atoms with Gasteiger partial charge in [-0.25, -0.2) is 0 Å². The van der Waals surface area contributed by atoms with Crippen LogP contribution in [0.1, 0.15) is 29.4 Å². The summed E-state index contributed by atoms with van der Waals surface area (Å²) in [5.74, 6) is -0.0982. The highest BCUT2D eigenvalue weighted by molar-refractivity contribution is 9.10. The molecule has 0 radical (unpaired) electrons. The average Bonchev–Trinajstić information content (AvgIpc) is 2.87. The molecule has 0 bridgehead atoms. The molecule has 0 saturated carbocycles. The van der Waals surface area contributed by atoms with Crippen molar-refractivity contribution in [3.05, 3.63) is 52.5 Å². The smallest absolute Gasteiger partial charge is 0.214 e. The number of carbonyl (C=O) groups excluding carboxylic acids is 1. The summed E-state index contributed by atoms with van der Waals surface area (Å²) < 4.78 is 2.42. The number of ketones is 1. The minimum absolute atomic E-state index is 0.0982. The highest BCUT2D eigenvalue weighted by Crippen LogP contribution is 2.23. The molecule has 5 nitrogen and oxygen atoms in total. The predicted octanol–water partition coefficient (Wildman–Crippen LogP) is 3.23. The number of carbonyl (C=O) groups is 1. The lowest BCUT2D eigenvalue weighted by Gasteiger charge is -2.07. The lowest BCUT2D eigenvalue weighted by Crippen LogP contribution is -2.13. The molecule has 2 aromatic heterocycles. The molecule has 3 rings (SSSR count). The van der Waals surface area contributed by atoms with Crippen LogP contribution in [0, 0.1) is 0 Å². The van der Waals surface area contributed by atoms with Gasteiger partial charge in [0.05, 0.1) is 27.3 Å². The zero-order valence-corrected chi connectivity index (χ0v) is 13.0. The monoisotopic (exact) mass is 344 g/mol. The van der Waals surface area contributed by atoms with E-state index >= 15 is 0 Å². The van der Waals surface area contributed by atoms with Gasteiger partial charge in [0.15, 0.2) is 0 Å². The van der Waals surface area contributed by atoms with E-state index in [9.17, 15) is 4.79 Å². The first kappa shape index (κ1) is 13.9. The van der Waals surface area contributed by atoms with E-state index < -0.39 is 0 Å². The van der Waals surface area contributed by atoms with E-state index in [2.05, 4.69) is 31.0 Å². The lowest BCUT2D eigenvalue weighted by molar-refractivity contribution is 0.102. The van der Waals surface area contributed by atoms with Crippen LogP contribution in [0.5, 0.6) is 0 Å². The summed E-state index contributed by atoms with van der Waals surface area (Å²) in [7, 11) is 0. The number of hydrogen-bond donors (Lipinski definition) is 0. The van der Waals surface area contributed by atoms with Gasteiger partial charge in [-0.2, -0.15) is 5.10 Å². The third-order valence-electron chi connectivity index (χ3n) is 3.19. The van der Waals surface area contributed by atoms with Crippen molar-refractivity contribution in [1.82, 2.24) is 19.7 Å². The molecule has 106 valence electrons. The van der Waals surface area contributed by atoms with Crippen LogP contribution < -0.4 is 0 Å². The summed E-state index contributed by atoms with van der Waals surface area (Å²) in [5.41, 5.74) is 2.41. The number of benzene rings is 1. The first-order valence-electron chi connectivity index (χ1n) is 6.68. The van der Waals surface area contributed by atoms with Gasteiger partial charge in [0.25, 0.3) is 0 Å². The zero-order valence-electron chi connectivity index (χ0n) is 11.5. The maximum Gasteiger partial charge on any atom is 0.214 e. The Morgan fingerprint density at radius 2 is 2.10 bits per heavy atom. The number of nitrogens with zero attached hydrogens (tertiary/aromatic N) is 4. The minimum atomic E-state index is -0.0982. The Bertz CT molecular complexity index is 807. The van der Waals surface area contributed by atoms with Crippen LogP contribution >= 0.6 is 15.9 Å². The quantitative estimate of drug-likeness (QED) is 0.681. The highest BCUT2D eigenvalue weighted by Gasteiger charge is 2.21. The van der Waals surface area contributed by atoms with Gasteiger partial charge in [0.1, 0.15) is 5.69 Å². The molecular weight excluding hydrogens is 332 g/mol. The minimum Gasteiger partial charge on any atom is -0.287 e. The van der Waals surface area contributed by atoms with E-state index in [-0.39, 0.29) is 5.78 Å². The SMILES string of the molecule is CCCn1ncc(Br)c1C(=O)c1cccc2nccnc12. The molecule has 3 aromatic rings. The first-order valence-corrected chi connectivity index (χ1v) is 7.47. The summed E-state index contributed by atoms with van der Waals surface area (Å²) in [6.07, 6.45) is 5.77. The second-order valence-electron chi connectivity index (χ2n) is 4.62. The molecule has 1 aromatic carbocycles. The highest BCUT2D eigenvalue weighted by atomic mass is 79.9. The Kier molecular flexibility index (Phi) is 3.79. The van der Waals surface area contributed by atoms with Crippen LogP contribution in [0.2, 0.25) is 0 Å². The second kappa shape index (κ2) is 5.73. The second-order valence-corrected chi connectivity index (χ2v) is 5.48. The summed E-state index contributed by atoms with van der Waals surface area (Å²) >= 11 is 3.41. The van der Waals surface area contributed by atoms with Crippen molar-refractivity contribution in [3.8, 4) is 0 Å². The largest absolute Gasteiger partial charge is 0.287 e. The van der Waals surface area contributed by atoms with Gasteiger partial charge < -0.3 is 0 Å². The fourth-order valence-corrected chi connectivity index (χ4v) is 2.75. The van der Waals surface area contributed by atoms with Gasteiger partial charge >= 0.3 is 0 Å². The van der Waals surface area contributed by atoms with Crippen LogP contribution in [0.25, 0.3) is 11.0 Å². The van der Waals surface area contributed by atoms with Crippen LogP contribution in [0.3, 0.4) is 0 Å². The predicted molar refractivity (Wildman–Crippen MR) is 83.2 cm³/mol. The molecule has 0 aliphatic rings. The van der Waals surface area contributed by atoms with E-state index in [0.29, 0.717) is 33.3 Å². The van der Waals surface area contributed by atoms with Crippen LogP contribution in [0.15, 0.2) is 41.3 Å². The van der Waals surface area contributed by atoms with Gasteiger partial charge in [-0.05, 0) is 34.5 Å². The maximum absolute atomic E-state index is 12.9. The fraction of sp³-hybridized carbons (Fsp3) is 0.200. The molecule has 0 unspecified atom stereocenters. The molecule has 0 amide bonds. The number of hydrogen-bond acceptors (Lipinski definition) is 4. The summed E-state index contributed by atoms with van der Waals surface area (Å²) in [4.78, 5) is 21.4. The van der Waals surface area contributed by atoms with Crippen molar-refractivity contribution in [1.29, 1.82) is 0 Å². The average molecular weight is 345 g/mol. The van der Waals surface area contributed by atoms with Gasteiger partial charge in [0.2, 0.25) is 5.78 Å². The normalized spacial score (nSPS) is 11.0. The zero-order chi connectivity index (χ0) is 14.8. The molecular formula is C15H13BrN4O. The van der Waals surface area contributed by atoms with Crippen LogP contribution in [-0.2, 0) is 6.54 Å². The van der Waals surface area contributed by atoms with Crippen molar-refractivity contribution in [2.45, 2.75) is 19.9 Å². The fourth-order valence-electron chi connectivity index (χ4n) is 2.27. The third-order valence-corrected chi connectivity index (χ3v) is 3.77. The van der Waals surface area contributed by atoms with E-state index in [1.807, 2.05) is 19.1 Å². The van der Waals surface area contributed by atoms with Crippen molar-refractivity contribution in [3.63, 3.8) is 0 Å². The molecule has 6 heteroatoms. The van der Waals surface area contributed by atoms with E-state index in [0.717, 1.165) is 6.42 Å². The molecule has 0 saturated heterocycles. The lowest BCUT2D eigenvalue weighted by atomic mass is 10.1. The molecule has 0 aliphatic carbocycles. The van der Waals surface area contributed by atoms with Crippen molar-refractivity contribution in [2.24, 2.45) is 0 Å². The third kappa shape index (κ3) is 2.47. The molecule has 0 fully saturated rings. The summed E-state index contributed by atoms with van der Waals surface area (Å²) in [6, 6.07) is 5.44. The standard InChI is InChI=1S/C15H13BrN4O/c1-2-8-20-14(11(16)9-19-20)15(21)10-4-3-5-12-13(10)18-7-6-17-12/h3-7,9H,2,8H2,1H3. The van der Waals surface area contributed by atoms with Crippen molar-refractivity contribution < 1.29 is 4.79 Å².